The summed E-state index contributed by atoms with van der Waals surface area (Å²) in [6, 6.07) is 8.64. The van der Waals surface area contributed by atoms with E-state index in [0.29, 0.717) is 11.3 Å². The Morgan fingerprint density at radius 1 is 1.16 bits per heavy atom. The van der Waals surface area contributed by atoms with E-state index in [4.69, 9.17) is 4.74 Å². The van der Waals surface area contributed by atoms with Crippen molar-refractivity contribution in [2.45, 2.75) is 29.7 Å². The minimum absolute atomic E-state index is 0.00787. The number of hydrogen-bond acceptors (Lipinski definition) is 7. The molecule has 1 aromatic carbocycles. The van der Waals surface area contributed by atoms with Gasteiger partial charge in [-0.3, -0.25) is 9.10 Å². The topological polar surface area (TPSA) is 87.2 Å². The number of benzene rings is 1. The average molecular weight is 478 g/mol. The molecule has 2 aliphatic rings. The summed E-state index contributed by atoms with van der Waals surface area (Å²) in [6.45, 7) is 1.87. The predicted molar refractivity (Wildman–Crippen MR) is 123 cm³/mol. The predicted octanol–water partition coefficient (Wildman–Crippen LogP) is 2.38. The van der Waals surface area contributed by atoms with Gasteiger partial charge in [0, 0.05) is 13.1 Å². The Bertz CT molecular complexity index is 1120. The lowest BCUT2D eigenvalue weighted by Gasteiger charge is -2.36. The zero-order valence-corrected chi connectivity index (χ0v) is 20.0. The normalized spacial score (nSPS) is 19.6. The molecule has 172 valence electrons. The zero-order chi connectivity index (χ0) is 23.0. The molecule has 3 heterocycles. The fraction of sp³-hybridized carbons (Fsp3) is 0.455. The van der Waals surface area contributed by atoms with E-state index in [0.717, 1.165) is 37.3 Å². The monoisotopic (exact) mass is 477 g/mol. The first-order chi connectivity index (χ1) is 15.3. The Kier molecular flexibility index (Phi) is 6.28. The molecule has 0 saturated carbocycles. The third-order valence-corrected chi connectivity index (χ3v) is 9.22. The second-order valence-electron chi connectivity index (χ2n) is 8.24. The van der Waals surface area contributed by atoms with Crippen molar-refractivity contribution in [2.24, 2.45) is 0 Å². The first-order valence-corrected chi connectivity index (χ1v) is 12.8. The van der Waals surface area contributed by atoms with Crippen molar-refractivity contribution in [1.29, 1.82) is 0 Å². The van der Waals surface area contributed by atoms with Crippen LogP contribution >= 0.6 is 11.3 Å². The van der Waals surface area contributed by atoms with E-state index in [9.17, 15) is 18.0 Å². The maximum atomic E-state index is 13.6. The number of anilines is 1. The number of hydrogen-bond donors (Lipinski definition) is 0. The summed E-state index contributed by atoms with van der Waals surface area (Å²) in [5, 5.41) is 1.55. The van der Waals surface area contributed by atoms with Crippen LogP contribution in [0.5, 0.6) is 0 Å². The molecular formula is C22H27N3O5S2. The highest BCUT2D eigenvalue weighted by Gasteiger charge is 2.43. The van der Waals surface area contributed by atoms with Crippen LogP contribution in [0, 0.1) is 0 Å². The van der Waals surface area contributed by atoms with E-state index in [1.807, 2.05) is 19.2 Å². The summed E-state index contributed by atoms with van der Waals surface area (Å²) in [5.41, 5.74) is 1.17. The molecule has 1 unspecified atom stereocenters. The van der Waals surface area contributed by atoms with Gasteiger partial charge in [0.25, 0.3) is 10.0 Å². The maximum Gasteiger partial charge on any atom is 0.349 e. The van der Waals surface area contributed by atoms with Gasteiger partial charge in [-0.1, -0.05) is 18.2 Å². The van der Waals surface area contributed by atoms with Gasteiger partial charge < -0.3 is 14.5 Å². The van der Waals surface area contributed by atoms with Crippen LogP contribution in [0.3, 0.4) is 0 Å². The highest BCUT2D eigenvalue weighted by atomic mass is 32.2. The van der Waals surface area contributed by atoms with E-state index in [1.165, 1.54) is 17.5 Å². The lowest BCUT2D eigenvalue weighted by Crippen LogP contribution is -2.46. The molecule has 1 saturated heterocycles. The van der Waals surface area contributed by atoms with Crippen LogP contribution in [-0.4, -0.2) is 77.0 Å². The molecule has 0 aliphatic carbocycles. The Hall–Kier alpha value is -2.43. The van der Waals surface area contributed by atoms with Crippen molar-refractivity contribution in [3.8, 4) is 0 Å². The van der Waals surface area contributed by atoms with Gasteiger partial charge in [-0.25, -0.2) is 13.2 Å². The third kappa shape index (κ3) is 3.91. The summed E-state index contributed by atoms with van der Waals surface area (Å²) < 4.78 is 33.1. The molecular weight excluding hydrogens is 450 g/mol. The van der Waals surface area contributed by atoms with Crippen LogP contribution in [0.4, 0.5) is 5.69 Å². The number of nitrogens with zero attached hydrogens (tertiary/aromatic N) is 3. The van der Waals surface area contributed by atoms with Gasteiger partial charge >= 0.3 is 5.97 Å². The number of carbonyl (C=O) groups excluding carboxylic acids is 2. The molecule has 1 fully saturated rings. The number of methoxy groups -OCH3 is 1. The van der Waals surface area contributed by atoms with Crippen molar-refractivity contribution in [3.63, 3.8) is 0 Å². The maximum absolute atomic E-state index is 13.6. The van der Waals surface area contributed by atoms with Gasteiger partial charge in [-0.2, -0.15) is 0 Å². The molecule has 4 rings (SSSR count). The highest BCUT2D eigenvalue weighted by molar-refractivity contribution is 7.93. The smallest absolute Gasteiger partial charge is 0.349 e. The van der Waals surface area contributed by atoms with Crippen molar-refractivity contribution >= 4 is 38.9 Å². The number of carbonyl (C=O) groups is 2. The minimum atomic E-state index is -4.05. The Labute approximate surface area is 192 Å². The van der Waals surface area contributed by atoms with E-state index in [-0.39, 0.29) is 28.3 Å². The van der Waals surface area contributed by atoms with E-state index in [1.54, 1.807) is 22.4 Å². The van der Waals surface area contributed by atoms with Crippen molar-refractivity contribution in [3.05, 3.63) is 46.2 Å². The number of para-hydroxylation sites is 1. The lowest BCUT2D eigenvalue weighted by molar-refractivity contribution is -0.134. The number of fused-ring (bicyclic) bond motifs is 1. The first kappa shape index (κ1) is 22.8. The van der Waals surface area contributed by atoms with E-state index in [2.05, 4.69) is 11.9 Å². The summed E-state index contributed by atoms with van der Waals surface area (Å²) in [7, 11) is 1.05. The SMILES string of the molecule is COC(=O)c1sccc1S(=O)(=O)N1CC(C(=O)N(C)C2CCN(C)CC2)c2ccccc21. The van der Waals surface area contributed by atoms with E-state index >= 15 is 0 Å². The van der Waals surface area contributed by atoms with Crippen LogP contribution in [-0.2, 0) is 19.6 Å². The number of piperidine rings is 1. The van der Waals surface area contributed by atoms with Crippen LogP contribution < -0.4 is 4.31 Å². The number of likely N-dealkylation sites (tertiary alicyclic amines) is 1. The average Bonchev–Trinajstić information content (AvgIpc) is 3.44. The largest absolute Gasteiger partial charge is 0.465 e. The van der Waals surface area contributed by atoms with Crippen molar-refractivity contribution < 1.29 is 22.7 Å². The Balaban J connectivity index is 1.65. The van der Waals surface area contributed by atoms with Crippen molar-refractivity contribution in [2.75, 3.05) is 45.1 Å². The summed E-state index contributed by atoms with van der Waals surface area (Å²) in [4.78, 5) is 29.6. The fourth-order valence-corrected chi connectivity index (χ4v) is 7.30. The minimum Gasteiger partial charge on any atom is -0.465 e. The Morgan fingerprint density at radius 3 is 2.53 bits per heavy atom. The van der Waals surface area contributed by atoms with Crippen molar-refractivity contribution in [1.82, 2.24) is 9.80 Å². The number of sulfonamides is 1. The molecule has 1 atom stereocenters. The van der Waals surface area contributed by atoms with Gasteiger partial charge in [0.15, 0.2) is 0 Å². The fourth-order valence-electron chi connectivity index (χ4n) is 4.48. The molecule has 1 aromatic heterocycles. The second-order valence-corrected chi connectivity index (χ2v) is 11.0. The molecule has 2 aromatic rings. The molecule has 0 bridgehead atoms. The van der Waals surface area contributed by atoms with Gasteiger partial charge in [-0.05, 0) is 56.1 Å². The van der Waals surface area contributed by atoms with Crippen LogP contribution in [0.25, 0.3) is 0 Å². The van der Waals surface area contributed by atoms with Gasteiger partial charge in [0.05, 0.1) is 25.3 Å². The molecule has 1 amide bonds. The number of rotatable bonds is 5. The number of thiophene rings is 1. The van der Waals surface area contributed by atoms with Gasteiger partial charge in [0.2, 0.25) is 5.91 Å². The number of amides is 1. The van der Waals surface area contributed by atoms with Crippen LogP contribution in [0.15, 0.2) is 40.6 Å². The lowest BCUT2D eigenvalue weighted by atomic mass is 9.97. The molecule has 0 N–H and O–H groups in total. The first-order valence-electron chi connectivity index (χ1n) is 10.5. The van der Waals surface area contributed by atoms with Gasteiger partial charge in [-0.15, -0.1) is 11.3 Å². The Morgan fingerprint density at radius 2 is 1.84 bits per heavy atom. The molecule has 10 heteroatoms. The molecule has 8 nitrogen and oxygen atoms in total. The molecule has 32 heavy (non-hydrogen) atoms. The summed E-state index contributed by atoms with van der Waals surface area (Å²) in [5.74, 6) is -1.37. The molecule has 0 radical (unpaired) electrons. The molecule has 0 spiro atoms. The number of esters is 1. The van der Waals surface area contributed by atoms with Gasteiger partial charge in [0.1, 0.15) is 9.77 Å². The number of ether oxygens (including phenoxy) is 1. The summed E-state index contributed by atoms with van der Waals surface area (Å²) >= 11 is 1.02. The van der Waals surface area contributed by atoms with E-state index < -0.39 is 21.9 Å². The van der Waals surface area contributed by atoms with Crippen LogP contribution in [0.1, 0.15) is 34.0 Å². The highest BCUT2D eigenvalue weighted by Crippen LogP contribution is 2.41. The second kappa shape index (κ2) is 8.84. The quantitative estimate of drug-likeness (QED) is 0.615. The van der Waals surface area contributed by atoms with Crippen LogP contribution in [0.2, 0.25) is 0 Å². The summed E-state index contributed by atoms with van der Waals surface area (Å²) in [6.07, 6.45) is 1.79. The zero-order valence-electron chi connectivity index (χ0n) is 18.4. The number of likely N-dealkylation sites (N-methyl/N-ethyl adjacent to an activating group) is 1. The molecule has 2 aliphatic heterocycles. The standard InChI is InChI=1S/C22H27N3O5S2/c1-23-11-8-15(9-12-23)24(2)21(26)17-14-25(18-7-5-4-6-16(17)18)32(28,29)19-10-13-31-20(19)22(27)30-3/h4-7,10,13,15,17H,8-9,11-12,14H2,1-3H3. The third-order valence-electron chi connectivity index (χ3n) is 6.38.